The quantitative estimate of drug-likeness (QED) is 0.819. The third-order valence-corrected chi connectivity index (χ3v) is 5.01. The Labute approximate surface area is 172 Å². The van der Waals surface area contributed by atoms with Gasteiger partial charge >= 0.3 is 6.03 Å². The van der Waals surface area contributed by atoms with Gasteiger partial charge in [-0.1, -0.05) is 24.3 Å². The third-order valence-electron chi connectivity index (χ3n) is 5.01. The Hall–Kier alpha value is -3.02. The van der Waals surface area contributed by atoms with Crippen LogP contribution in [0.2, 0.25) is 0 Å². The fourth-order valence-electron chi connectivity index (χ4n) is 3.44. The first-order chi connectivity index (χ1) is 13.9. The molecule has 154 valence electrons. The highest BCUT2D eigenvalue weighted by atomic mass is 16.2. The van der Waals surface area contributed by atoms with Gasteiger partial charge in [-0.3, -0.25) is 4.79 Å². The monoisotopic (exact) mass is 394 g/mol. The molecule has 0 radical (unpaired) electrons. The average Bonchev–Trinajstić information content (AvgIpc) is 2.72. The predicted octanol–water partition coefficient (Wildman–Crippen LogP) is 3.17. The highest BCUT2D eigenvalue weighted by Crippen LogP contribution is 2.19. The topological polar surface area (TPSA) is 64.7 Å². The van der Waals surface area contributed by atoms with Crippen molar-refractivity contribution in [2.75, 3.05) is 31.1 Å². The number of aryl methyl sites for hydroxylation is 1. The summed E-state index contributed by atoms with van der Waals surface area (Å²) in [7, 11) is 0. The molecule has 0 aromatic heterocycles. The first-order valence-electron chi connectivity index (χ1n) is 10.2. The molecule has 3 rings (SSSR count). The minimum absolute atomic E-state index is 0.0611. The van der Waals surface area contributed by atoms with Crippen LogP contribution in [-0.4, -0.2) is 49.1 Å². The Morgan fingerprint density at radius 1 is 1.00 bits per heavy atom. The highest BCUT2D eigenvalue weighted by Gasteiger charge is 2.22. The number of piperazine rings is 1. The van der Waals surface area contributed by atoms with Gasteiger partial charge in [0.05, 0.1) is 0 Å². The number of nitrogens with zero attached hydrogens (tertiary/aromatic N) is 2. The van der Waals surface area contributed by atoms with E-state index < -0.39 is 0 Å². The molecule has 0 bridgehead atoms. The van der Waals surface area contributed by atoms with Crippen molar-refractivity contribution in [2.24, 2.45) is 0 Å². The van der Waals surface area contributed by atoms with E-state index in [9.17, 15) is 9.59 Å². The molecule has 6 nitrogen and oxygen atoms in total. The van der Waals surface area contributed by atoms with Crippen LogP contribution in [-0.2, 0) is 6.54 Å². The molecule has 0 spiro atoms. The summed E-state index contributed by atoms with van der Waals surface area (Å²) < 4.78 is 0. The van der Waals surface area contributed by atoms with Crippen molar-refractivity contribution in [1.29, 1.82) is 0 Å². The Bertz CT molecular complexity index is 840. The third kappa shape index (κ3) is 5.73. The van der Waals surface area contributed by atoms with Crippen LogP contribution >= 0.6 is 0 Å². The summed E-state index contributed by atoms with van der Waals surface area (Å²) in [4.78, 5) is 28.7. The summed E-state index contributed by atoms with van der Waals surface area (Å²) in [6, 6.07) is 15.9. The smallest absolute Gasteiger partial charge is 0.315 e. The predicted molar refractivity (Wildman–Crippen MR) is 116 cm³/mol. The lowest BCUT2D eigenvalue weighted by Crippen LogP contribution is -2.48. The molecule has 1 aliphatic heterocycles. The number of anilines is 1. The number of carbonyl (C=O) groups excluding carboxylic acids is 2. The van der Waals surface area contributed by atoms with Crippen molar-refractivity contribution in [3.63, 3.8) is 0 Å². The normalized spacial score (nSPS) is 14.1. The summed E-state index contributed by atoms with van der Waals surface area (Å²) in [6.07, 6.45) is 0. The van der Waals surface area contributed by atoms with Gasteiger partial charge in [0.15, 0.2) is 0 Å². The SMILES string of the molecule is Cc1cccc(N2CCN(C(=O)c3ccc(CNC(=O)NC(C)C)cc3)CC2)c1. The lowest BCUT2D eigenvalue weighted by molar-refractivity contribution is 0.0746. The molecule has 1 heterocycles. The first-order valence-corrected chi connectivity index (χ1v) is 10.2. The van der Waals surface area contributed by atoms with Gasteiger partial charge in [-0.15, -0.1) is 0 Å². The second-order valence-electron chi connectivity index (χ2n) is 7.80. The van der Waals surface area contributed by atoms with Crippen molar-refractivity contribution < 1.29 is 9.59 Å². The largest absolute Gasteiger partial charge is 0.368 e. The molecular formula is C23H30N4O2. The van der Waals surface area contributed by atoms with E-state index in [1.165, 1.54) is 11.3 Å². The number of rotatable bonds is 5. The molecule has 0 saturated carbocycles. The molecule has 2 aromatic carbocycles. The number of hydrogen-bond acceptors (Lipinski definition) is 3. The number of urea groups is 1. The molecule has 2 aromatic rings. The summed E-state index contributed by atoms with van der Waals surface area (Å²) in [6.45, 7) is 9.46. The molecule has 0 atom stereocenters. The van der Waals surface area contributed by atoms with E-state index in [0.29, 0.717) is 25.2 Å². The minimum Gasteiger partial charge on any atom is -0.368 e. The van der Waals surface area contributed by atoms with Gasteiger partial charge in [-0.05, 0) is 56.2 Å². The van der Waals surface area contributed by atoms with Crippen LogP contribution in [0.5, 0.6) is 0 Å². The Kier molecular flexibility index (Phi) is 6.75. The van der Waals surface area contributed by atoms with E-state index in [2.05, 4.69) is 46.7 Å². The van der Waals surface area contributed by atoms with Crippen LogP contribution in [0.25, 0.3) is 0 Å². The summed E-state index contributed by atoms with van der Waals surface area (Å²) >= 11 is 0. The van der Waals surface area contributed by atoms with Gasteiger partial charge in [-0.25, -0.2) is 4.79 Å². The Morgan fingerprint density at radius 2 is 1.69 bits per heavy atom. The maximum absolute atomic E-state index is 12.8. The lowest BCUT2D eigenvalue weighted by atomic mass is 10.1. The van der Waals surface area contributed by atoms with Gasteiger partial charge in [0.2, 0.25) is 0 Å². The zero-order valence-corrected chi connectivity index (χ0v) is 17.4. The molecule has 2 N–H and O–H groups in total. The molecule has 1 aliphatic rings. The van der Waals surface area contributed by atoms with E-state index in [4.69, 9.17) is 0 Å². The van der Waals surface area contributed by atoms with E-state index in [1.54, 1.807) is 0 Å². The fourth-order valence-corrected chi connectivity index (χ4v) is 3.44. The molecule has 0 unspecified atom stereocenters. The van der Waals surface area contributed by atoms with Gasteiger partial charge in [0, 0.05) is 50.0 Å². The maximum Gasteiger partial charge on any atom is 0.315 e. The number of carbonyl (C=O) groups is 2. The van der Waals surface area contributed by atoms with Gasteiger partial charge in [0.25, 0.3) is 5.91 Å². The van der Waals surface area contributed by atoms with Crippen LogP contribution in [0.4, 0.5) is 10.5 Å². The van der Waals surface area contributed by atoms with Crippen LogP contribution < -0.4 is 15.5 Å². The van der Waals surface area contributed by atoms with Crippen molar-refractivity contribution in [3.05, 3.63) is 65.2 Å². The number of hydrogen-bond donors (Lipinski definition) is 2. The molecular weight excluding hydrogens is 364 g/mol. The second-order valence-corrected chi connectivity index (χ2v) is 7.80. The summed E-state index contributed by atoms with van der Waals surface area (Å²) in [5.74, 6) is 0.0611. The highest BCUT2D eigenvalue weighted by molar-refractivity contribution is 5.94. The second kappa shape index (κ2) is 9.45. The molecule has 0 aliphatic carbocycles. The Morgan fingerprint density at radius 3 is 2.31 bits per heavy atom. The van der Waals surface area contributed by atoms with E-state index in [0.717, 1.165) is 18.7 Å². The Balaban J connectivity index is 1.51. The summed E-state index contributed by atoms with van der Waals surface area (Å²) in [5.41, 5.74) is 4.11. The average molecular weight is 395 g/mol. The van der Waals surface area contributed by atoms with Crippen LogP contribution in [0.1, 0.15) is 35.3 Å². The molecule has 3 amide bonds. The number of amides is 3. The fraction of sp³-hybridized carbons (Fsp3) is 0.391. The zero-order chi connectivity index (χ0) is 20.8. The first kappa shape index (κ1) is 20.7. The van der Waals surface area contributed by atoms with Crippen molar-refractivity contribution in [3.8, 4) is 0 Å². The van der Waals surface area contributed by atoms with Crippen LogP contribution in [0, 0.1) is 6.92 Å². The van der Waals surface area contributed by atoms with Gasteiger partial charge < -0.3 is 20.4 Å². The van der Waals surface area contributed by atoms with E-state index >= 15 is 0 Å². The van der Waals surface area contributed by atoms with E-state index in [1.807, 2.05) is 43.0 Å². The number of benzene rings is 2. The number of nitrogens with one attached hydrogen (secondary N) is 2. The summed E-state index contributed by atoms with van der Waals surface area (Å²) in [5, 5.41) is 5.60. The van der Waals surface area contributed by atoms with Gasteiger partial charge in [-0.2, -0.15) is 0 Å². The lowest BCUT2D eigenvalue weighted by Gasteiger charge is -2.36. The molecule has 6 heteroatoms. The maximum atomic E-state index is 12.8. The standard InChI is InChI=1S/C23H30N4O2/c1-17(2)25-23(29)24-16-19-7-9-20(10-8-19)22(28)27-13-11-26(12-14-27)21-6-4-5-18(3)15-21/h4-10,15,17H,11-14,16H2,1-3H3,(H2,24,25,29). The zero-order valence-electron chi connectivity index (χ0n) is 17.4. The minimum atomic E-state index is -0.188. The molecule has 29 heavy (non-hydrogen) atoms. The van der Waals surface area contributed by atoms with Crippen molar-refractivity contribution >= 4 is 17.6 Å². The van der Waals surface area contributed by atoms with Crippen molar-refractivity contribution in [1.82, 2.24) is 15.5 Å². The van der Waals surface area contributed by atoms with Gasteiger partial charge in [0.1, 0.15) is 0 Å². The van der Waals surface area contributed by atoms with Crippen molar-refractivity contribution in [2.45, 2.75) is 33.4 Å². The van der Waals surface area contributed by atoms with Crippen LogP contribution in [0.15, 0.2) is 48.5 Å². The van der Waals surface area contributed by atoms with Crippen LogP contribution in [0.3, 0.4) is 0 Å². The van der Waals surface area contributed by atoms with E-state index in [-0.39, 0.29) is 18.0 Å². The molecule has 1 fully saturated rings. The molecule has 1 saturated heterocycles.